The normalized spacial score (nSPS) is 13.7. The second kappa shape index (κ2) is 9.89. The van der Waals surface area contributed by atoms with Crippen LogP contribution in [0.1, 0.15) is 49.6 Å². The van der Waals surface area contributed by atoms with Gasteiger partial charge in [0.1, 0.15) is 5.75 Å². The van der Waals surface area contributed by atoms with Crippen molar-refractivity contribution in [1.82, 2.24) is 10.2 Å². The first-order chi connectivity index (χ1) is 16.4. The van der Waals surface area contributed by atoms with Crippen LogP contribution in [-0.4, -0.2) is 49.9 Å². The van der Waals surface area contributed by atoms with Crippen molar-refractivity contribution in [3.8, 4) is 5.75 Å². The number of nitrogens with one attached hydrogen (secondary N) is 1. The topological polar surface area (TPSA) is 79.0 Å². The van der Waals surface area contributed by atoms with Gasteiger partial charge >= 0.3 is 0 Å². The van der Waals surface area contributed by atoms with Gasteiger partial charge in [-0.15, -0.1) is 0 Å². The molecule has 0 saturated heterocycles. The summed E-state index contributed by atoms with van der Waals surface area (Å²) in [5, 5.41) is 2.95. The third kappa shape index (κ3) is 4.56. The first kappa shape index (κ1) is 23.2. The first-order valence-corrected chi connectivity index (χ1v) is 11.2. The number of hydrogen-bond acceptors (Lipinski definition) is 5. The Kier molecular flexibility index (Phi) is 6.75. The van der Waals surface area contributed by atoms with Crippen LogP contribution < -0.4 is 15.0 Å². The van der Waals surface area contributed by atoms with Crippen molar-refractivity contribution in [2.75, 3.05) is 32.1 Å². The Balaban J connectivity index is 1.50. The van der Waals surface area contributed by atoms with Gasteiger partial charge in [-0.2, -0.15) is 0 Å². The predicted molar refractivity (Wildman–Crippen MR) is 130 cm³/mol. The molecular weight excluding hydrogens is 430 g/mol. The SMILES string of the molecule is CCOc1ccc(N2C(=O)c3ccc(C(=O)NCC(c4ccccc4)N(C)C)cc3C2=O)cc1. The number of nitrogens with zero attached hydrogens (tertiary/aromatic N) is 2. The summed E-state index contributed by atoms with van der Waals surface area (Å²) in [6, 6.07) is 21.3. The Labute approximate surface area is 198 Å². The highest BCUT2D eigenvalue weighted by Gasteiger charge is 2.37. The average molecular weight is 458 g/mol. The van der Waals surface area contributed by atoms with E-state index < -0.39 is 11.8 Å². The van der Waals surface area contributed by atoms with E-state index in [4.69, 9.17) is 4.74 Å². The van der Waals surface area contributed by atoms with Crippen molar-refractivity contribution in [2.45, 2.75) is 13.0 Å². The van der Waals surface area contributed by atoms with Gasteiger partial charge in [0.25, 0.3) is 17.7 Å². The lowest BCUT2D eigenvalue weighted by atomic mass is 10.0. The smallest absolute Gasteiger partial charge is 0.266 e. The van der Waals surface area contributed by atoms with Gasteiger partial charge in [0, 0.05) is 12.1 Å². The van der Waals surface area contributed by atoms with Crippen LogP contribution in [0.2, 0.25) is 0 Å². The monoisotopic (exact) mass is 457 g/mol. The van der Waals surface area contributed by atoms with Gasteiger partial charge in [-0.3, -0.25) is 14.4 Å². The summed E-state index contributed by atoms with van der Waals surface area (Å²) >= 11 is 0. The average Bonchev–Trinajstić information content (AvgIpc) is 3.09. The number of carbonyl (C=O) groups is 3. The molecule has 174 valence electrons. The van der Waals surface area contributed by atoms with E-state index in [0.29, 0.717) is 30.2 Å². The Morgan fingerprint density at radius 1 is 0.941 bits per heavy atom. The number of carbonyl (C=O) groups excluding carboxylic acids is 3. The number of amides is 3. The van der Waals surface area contributed by atoms with Crippen LogP contribution in [0.15, 0.2) is 72.8 Å². The molecule has 0 aromatic heterocycles. The highest BCUT2D eigenvalue weighted by Crippen LogP contribution is 2.30. The summed E-state index contributed by atoms with van der Waals surface area (Å²) in [7, 11) is 3.91. The second-order valence-corrected chi connectivity index (χ2v) is 8.23. The molecule has 34 heavy (non-hydrogen) atoms. The first-order valence-electron chi connectivity index (χ1n) is 11.2. The van der Waals surface area contributed by atoms with E-state index in [-0.39, 0.29) is 23.1 Å². The van der Waals surface area contributed by atoms with E-state index in [9.17, 15) is 14.4 Å². The van der Waals surface area contributed by atoms with E-state index in [2.05, 4.69) is 5.32 Å². The molecule has 1 atom stereocenters. The van der Waals surface area contributed by atoms with Crippen LogP contribution in [0.25, 0.3) is 0 Å². The standard InChI is InChI=1S/C27H27N3O4/c1-4-34-21-13-11-20(12-14-21)30-26(32)22-15-10-19(16-23(22)27(30)33)25(31)28-17-24(29(2)3)18-8-6-5-7-9-18/h5-16,24H,4,17H2,1-3H3,(H,28,31). The van der Waals surface area contributed by atoms with Gasteiger partial charge in [-0.05, 0) is 69.0 Å². The zero-order chi connectivity index (χ0) is 24.2. The molecule has 3 aromatic rings. The molecule has 4 rings (SSSR count). The van der Waals surface area contributed by atoms with Crippen molar-refractivity contribution in [3.63, 3.8) is 0 Å². The lowest BCUT2D eigenvalue weighted by Crippen LogP contribution is -2.34. The molecule has 0 saturated carbocycles. The molecule has 0 fully saturated rings. The summed E-state index contributed by atoms with van der Waals surface area (Å²) in [6.07, 6.45) is 0. The molecular formula is C27H27N3O4. The summed E-state index contributed by atoms with van der Waals surface area (Å²) in [5.41, 5.74) is 2.38. The van der Waals surface area contributed by atoms with E-state index >= 15 is 0 Å². The van der Waals surface area contributed by atoms with Crippen LogP contribution in [-0.2, 0) is 0 Å². The van der Waals surface area contributed by atoms with Gasteiger partial charge < -0.3 is 15.0 Å². The molecule has 1 aliphatic rings. The largest absolute Gasteiger partial charge is 0.494 e. The number of likely N-dealkylation sites (N-methyl/N-ethyl adjacent to an activating group) is 1. The zero-order valence-electron chi connectivity index (χ0n) is 19.4. The summed E-state index contributed by atoms with van der Waals surface area (Å²) in [5.74, 6) is -0.499. The van der Waals surface area contributed by atoms with E-state index in [1.807, 2.05) is 56.3 Å². The van der Waals surface area contributed by atoms with Gasteiger partial charge in [0.15, 0.2) is 0 Å². The van der Waals surface area contributed by atoms with Crippen LogP contribution in [0.3, 0.4) is 0 Å². The number of ether oxygens (including phenoxy) is 1. The van der Waals surface area contributed by atoms with Gasteiger partial charge in [-0.25, -0.2) is 4.90 Å². The fraction of sp³-hybridized carbons (Fsp3) is 0.222. The Morgan fingerprint density at radius 2 is 1.62 bits per heavy atom. The van der Waals surface area contributed by atoms with E-state index in [1.54, 1.807) is 36.4 Å². The highest BCUT2D eigenvalue weighted by molar-refractivity contribution is 6.34. The quantitative estimate of drug-likeness (QED) is 0.519. The Morgan fingerprint density at radius 3 is 2.26 bits per heavy atom. The minimum atomic E-state index is -0.450. The third-order valence-electron chi connectivity index (χ3n) is 5.82. The summed E-state index contributed by atoms with van der Waals surface area (Å²) in [4.78, 5) is 42.0. The fourth-order valence-corrected chi connectivity index (χ4v) is 4.04. The van der Waals surface area contributed by atoms with Crippen molar-refractivity contribution < 1.29 is 19.1 Å². The lowest BCUT2D eigenvalue weighted by molar-refractivity contribution is 0.0922. The van der Waals surface area contributed by atoms with Crippen molar-refractivity contribution in [2.24, 2.45) is 0 Å². The maximum Gasteiger partial charge on any atom is 0.266 e. The van der Waals surface area contributed by atoms with Crippen LogP contribution in [0.4, 0.5) is 5.69 Å². The number of rotatable bonds is 8. The molecule has 1 aliphatic heterocycles. The highest BCUT2D eigenvalue weighted by atomic mass is 16.5. The minimum absolute atomic E-state index is 0.00191. The van der Waals surface area contributed by atoms with Crippen molar-refractivity contribution in [3.05, 3.63) is 95.1 Å². The summed E-state index contributed by atoms with van der Waals surface area (Å²) in [6.45, 7) is 2.81. The molecule has 0 spiro atoms. The second-order valence-electron chi connectivity index (χ2n) is 8.23. The number of fused-ring (bicyclic) bond motifs is 1. The predicted octanol–water partition coefficient (Wildman–Crippen LogP) is 3.92. The molecule has 0 radical (unpaired) electrons. The maximum atomic E-state index is 13.1. The van der Waals surface area contributed by atoms with Crippen LogP contribution >= 0.6 is 0 Å². The molecule has 3 aromatic carbocycles. The Bertz CT molecular complexity index is 1210. The number of imide groups is 1. The summed E-state index contributed by atoms with van der Waals surface area (Å²) < 4.78 is 5.43. The van der Waals surface area contributed by atoms with Crippen LogP contribution in [0, 0.1) is 0 Å². The molecule has 1 unspecified atom stereocenters. The number of hydrogen-bond donors (Lipinski definition) is 1. The van der Waals surface area contributed by atoms with E-state index in [0.717, 1.165) is 10.5 Å². The minimum Gasteiger partial charge on any atom is -0.494 e. The molecule has 7 nitrogen and oxygen atoms in total. The third-order valence-corrected chi connectivity index (χ3v) is 5.82. The van der Waals surface area contributed by atoms with Gasteiger partial charge in [0.05, 0.1) is 29.5 Å². The molecule has 1 N–H and O–H groups in total. The molecule has 1 heterocycles. The van der Waals surface area contributed by atoms with Crippen molar-refractivity contribution >= 4 is 23.4 Å². The number of benzene rings is 3. The molecule has 7 heteroatoms. The van der Waals surface area contributed by atoms with Crippen molar-refractivity contribution in [1.29, 1.82) is 0 Å². The molecule has 3 amide bonds. The lowest BCUT2D eigenvalue weighted by Gasteiger charge is -2.25. The number of anilines is 1. The van der Waals surface area contributed by atoms with E-state index in [1.165, 1.54) is 6.07 Å². The molecule has 0 bridgehead atoms. The molecule has 0 aliphatic carbocycles. The van der Waals surface area contributed by atoms with Crippen LogP contribution in [0.5, 0.6) is 5.75 Å². The maximum absolute atomic E-state index is 13.1. The van der Waals surface area contributed by atoms with Gasteiger partial charge in [0.2, 0.25) is 0 Å². The fourth-order valence-electron chi connectivity index (χ4n) is 4.04. The zero-order valence-corrected chi connectivity index (χ0v) is 19.4. The Hall–Kier alpha value is -3.97. The van der Waals surface area contributed by atoms with Gasteiger partial charge in [-0.1, -0.05) is 30.3 Å².